The van der Waals surface area contributed by atoms with Gasteiger partial charge in [-0.3, -0.25) is 0 Å². The first kappa shape index (κ1) is 25.6. The van der Waals surface area contributed by atoms with Crippen molar-refractivity contribution in [2.24, 2.45) is 0 Å². The number of fused-ring (bicyclic) bond motifs is 6. The maximum absolute atomic E-state index is 2.41. The third kappa shape index (κ3) is 4.11. The minimum Gasteiger partial charge on any atom is -0.309 e. The molecule has 45 heavy (non-hydrogen) atoms. The number of nitrogens with zero attached hydrogens (tertiary/aromatic N) is 2. The fourth-order valence-electron chi connectivity index (χ4n) is 7.03. The quantitative estimate of drug-likeness (QED) is 0.198. The number of hydrogen-bond acceptors (Lipinski definition) is 0. The van der Waals surface area contributed by atoms with Crippen molar-refractivity contribution in [3.05, 3.63) is 169 Å². The van der Waals surface area contributed by atoms with Crippen LogP contribution >= 0.6 is 0 Å². The van der Waals surface area contributed by atoms with E-state index in [1.54, 1.807) is 0 Å². The van der Waals surface area contributed by atoms with Gasteiger partial charge < -0.3 is 9.13 Å². The summed E-state index contributed by atoms with van der Waals surface area (Å²) in [5.74, 6) is 0. The van der Waals surface area contributed by atoms with Crippen molar-refractivity contribution in [3.8, 4) is 33.6 Å². The molecule has 2 nitrogen and oxygen atoms in total. The van der Waals surface area contributed by atoms with Gasteiger partial charge in [0, 0.05) is 32.9 Å². The fourth-order valence-corrected chi connectivity index (χ4v) is 7.03. The van der Waals surface area contributed by atoms with Gasteiger partial charge in [0.25, 0.3) is 0 Å². The average molecular weight is 575 g/mol. The highest BCUT2D eigenvalue weighted by Gasteiger charge is 2.16. The summed E-state index contributed by atoms with van der Waals surface area (Å²) in [6.07, 6.45) is 0. The molecule has 212 valence electrons. The molecule has 0 amide bonds. The summed E-state index contributed by atoms with van der Waals surface area (Å²) >= 11 is 0. The Morgan fingerprint density at radius 1 is 0.311 bits per heavy atom. The van der Waals surface area contributed by atoms with Crippen LogP contribution in [0.4, 0.5) is 0 Å². The van der Waals surface area contributed by atoms with Gasteiger partial charge in [-0.1, -0.05) is 103 Å². The van der Waals surface area contributed by atoms with Gasteiger partial charge in [-0.15, -0.1) is 0 Å². The zero-order chi connectivity index (χ0) is 29.9. The lowest BCUT2D eigenvalue weighted by Gasteiger charge is -2.10. The van der Waals surface area contributed by atoms with Crippen LogP contribution in [-0.2, 0) is 0 Å². The molecule has 2 heterocycles. The Balaban J connectivity index is 1.21. The van der Waals surface area contributed by atoms with Gasteiger partial charge in [0.2, 0.25) is 0 Å². The molecule has 0 aliphatic heterocycles. The van der Waals surface area contributed by atoms with E-state index < -0.39 is 0 Å². The number of benzene rings is 7. The summed E-state index contributed by atoms with van der Waals surface area (Å²) in [7, 11) is 0. The second-order valence-corrected chi connectivity index (χ2v) is 11.9. The lowest BCUT2D eigenvalue weighted by atomic mass is 10.0. The molecule has 0 saturated carbocycles. The normalized spacial score (nSPS) is 11.7. The lowest BCUT2D eigenvalue weighted by molar-refractivity contribution is 1.18. The van der Waals surface area contributed by atoms with E-state index in [2.05, 4.69) is 180 Å². The maximum Gasteiger partial charge on any atom is 0.0543 e. The Labute approximate surface area is 262 Å². The van der Waals surface area contributed by atoms with Gasteiger partial charge in [-0.05, 0) is 95.4 Å². The van der Waals surface area contributed by atoms with Gasteiger partial charge in [0.15, 0.2) is 0 Å². The molecule has 0 fully saturated rings. The lowest BCUT2D eigenvalue weighted by Crippen LogP contribution is -1.94. The largest absolute Gasteiger partial charge is 0.309 e. The standard InChI is InChI=1S/C43H30N2/c1-29-16-23-37-39-28-33(20-25-42(39)45(43(37)26-29)35-21-17-31(18-22-35)30-10-4-2-5-11-30)32-19-24-41-38(27-32)36-14-8-9-15-40(36)44(41)34-12-6-3-7-13-34/h2-28H,1H3. The molecule has 0 aliphatic rings. The van der Waals surface area contributed by atoms with Gasteiger partial charge in [-0.25, -0.2) is 0 Å². The molecule has 0 saturated heterocycles. The highest BCUT2D eigenvalue weighted by Crippen LogP contribution is 2.38. The van der Waals surface area contributed by atoms with E-state index in [-0.39, 0.29) is 0 Å². The molecular formula is C43H30N2. The summed E-state index contributed by atoms with van der Waals surface area (Å²) in [4.78, 5) is 0. The maximum atomic E-state index is 2.41. The predicted molar refractivity (Wildman–Crippen MR) is 191 cm³/mol. The van der Waals surface area contributed by atoms with Crippen LogP contribution in [-0.4, -0.2) is 9.13 Å². The van der Waals surface area contributed by atoms with Gasteiger partial charge in [-0.2, -0.15) is 0 Å². The highest BCUT2D eigenvalue weighted by molar-refractivity contribution is 6.12. The molecule has 0 spiro atoms. The van der Waals surface area contributed by atoms with Crippen molar-refractivity contribution >= 4 is 43.6 Å². The van der Waals surface area contributed by atoms with Crippen LogP contribution in [0.15, 0.2) is 164 Å². The number of rotatable bonds is 4. The van der Waals surface area contributed by atoms with E-state index in [0.29, 0.717) is 0 Å². The molecule has 0 bridgehead atoms. The predicted octanol–water partition coefficient (Wildman–Crippen LogP) is 11.5. The Morgan fingerprint density at radius 2 is 0.800 bits per heavy atom. The summed E-state index contributed by atoms with van der Waals surface area (Å²) in [5, 5.41) is 5.07. The van der Waals surface area contributed by atoms with E-state index in [1.807, 2.05) is 0 Å². The highest BCUT2D eigenvalue weighted by atomic mass is 15.0. The fraction of sp³-hybridized carbons (Fsp3) is 0.0233. The summed E-state index contributed by atoms with van der Waals surface area (Å²) in [6, 6.07) is 59.6. The molecule has 9 aromatic rings. The minimum atomic E-state index is 1.17. The van der Waals surface area contributed by atoms with E-state index >= 15 is 0 Å². The van der Waals surface area contributed by atoms with Gasteiger partial charge >= 0.3 is 0 Å². The zero-order valence-electron chi connectivity index (χ0n) is 25.0. The molecule has 0 unspecified atom stereocenters. The first-order valence-electron chi connectivity index (χ1n) is 15.5. The molecule has 2 heteroatoms. The molecule has 9 rings (SSSR count). The summed E-state index contributed by atoms with van der Waals surface area (Å²) in [6.45, 7) is 2.17. The second kappa shape index (κ2) is 10.1. The van der Waals surface area contributed by atoms with Crippen LogP contribution in [0.2, 0.25) is 0 Å². The number of aryl methyl sites for hydroxylation is 1. The van der Waals surface area contributed by atoms with E-state index in [1.165, 1.54) is 82.8 Å². The van der Waals surface area contributed by atoms with Crippen LogP contribution in [0.3, 0.4) is 0 Å². The van der Waals surface area contributed by atoms with Crippen molar-refractivity contribution in [3.63, 3.8) is 0 Å². The van der Waals surface area contributed by atoms with E-state index in [4.69, 9.17) is 0 Å². The molecule has 0 atom stereocenters. The Hall–Kier alpha value is -5.86. The van der Waals surface area contributed by atoms with E-state index in [0.717, 1.165) is 0 Å². The zero-order valence-corrected chi connectivity index (χ0v) is 25.0. The Morgan fingerprint density at radius 3 is 1.49 bits per heavy atom. The van der Waals surface area contributed by atoms with Crippen LogP contribution in [0.1, 0.15) is 5.56 Å². The Bertz CT molecular complexity index is 2510. The van der Waals surface area contributed by atoms with Crippen LogP contribution in [0.25, 0.3) is 77.2 Å². The number of para-hydroxylation sites is 2. The first-order chi connectivity index (χ1) is 22.2. The third-order valence-corrected chi connectivity index (χ3v) is 9.17. The van der Waals surface area contributed by atoms with Crippen LogP contribution in [0.5, 0.6) is 0 Å². The van der Waals surface area contributed by atoms with Gasteiger partial charge in [0.05, 0.1) is 22.1 Å². The molecule has 0 aliphatic carbocycles. The second-order valence-electron chi connectivity index (χ2n) is 11.9. The SMILES string of the molecule is Cc1ccc2c3cc(-c4ccc5c(c4)c4ccccc4n5-c4ccccc4)ccc3n(-c3ccc(-c4ccccc4)cc3)c2c1. The molecule has 2 aromatic heterocycles. The first-order valence-corrected chi connectivity index (χ1v) is 15.5. The summed E-state index contributed by atoms with van der Waals surface area (Å²) in [5.41, 5.74) is 13.4. The Kier molecular flexibility index (Phi) is 5.76. The molecule has 0 N–H and O–H groups in total. The van der Waals surface area contributed by atoms with Crippen molar-refractivity contribution in [2.75, 3.05) is 0 Å². The topological polar surface area (TPSA) is 9.86 Å². The van der Waals surface area contributed by atoms with Crippen LogP contribution in [0, 0.1) is 6.92 Å². The van der Waals surface area contributed by atoms with Crippen molar-refractivity contribution in [2.45, 2.75) is 6.92 Å². The smallest absolute Gasteiger partial charge is 0.0543 e. The van der Waals surface area contributed by atoms with E-state index in [9.17, 15) is 0 Å². The monoisotopic (exact) mass is 574 g/mol. The molecular weight excluding hydrogens is 544 g/mol. The third-order valence-electron chi connectivity index (χ3n) is 9.17. The van der Waals surface area contributed by atoms with Crippen molar-refractivity contribution < 1.29 is 0 Å². The van der Waals surface area contributed by atoms with Gasteiger partial charge in [0.1, 0.15) is 0 Å². The molecule has 0 radical (unpaired) electrons. The number of hydrogen-bond donors (Lipinski definition) is 0. The average Bonchev–Trinajstić information content (AvgIpc) is 3.60. The van der Waals surface area contributed by atoms with Crippen LogP contribution < -0.4 is 0 Å². The van der Waals surface area contributed by atoms with Crippen molar-refractivity contribution in [1.29, 1.82) is 0 Å². The van der Waals surface area contributed by atoms with Crippen molar-refractivity contribution in [1.82, 2.24) is 9.13 Å². The number of aromatic nitrogens is 2. The molecule has 7 aromatic carbocycles. The summed E-state index contributed by atoms with van der Waals surface area (Å²) < 4.78 is 4.78. The minimum absolute atomic E-state index is 1.17.